The Bertz CT molecular complexity index is 794. The zero-order chi connectivity index (χ0) is 19.1. The summed E-state index contributed by atoms with van der Waals surface area (Å²) in [6.45, 7) is 3.20. The van der Waals surface area contributed by atoms with Gasteiger partial charge in [-0.15, -0.1) is 0 Å². The smallest absolute Gasteiger partial charge is 0.308 e. The molecule has 0 aliphatic heterocycles. The molecule has 0 fully saturated rings. The fourth-order valence-electron chi connectivity index (χ4n) is 1.75. The van der Waals surface area contributed by atoms with Gasteiger partial charge in [-0.3, -0.25) is 14.9 Å². The van der Waals surface area contributed by atoms with Gasteiger partial charge in [-0.05, 0) is 26.0 Å². The minimum Gasteiger partial charge on any atom is -0.507 e. The average Bonchev–Trinajstić information content (AvgIpc) is 2.50. The van der Waals surface area contributed by atoms with Crippen LogP contribution in [0, 0.1) is 21.7 Å². The van der Waals surface area contributed by atoms with Gasteiger partial charge in [-0.1, -0.05) is 0 Å². The quantitative estimate of drug-likeness (QED) is 0.493. The number of nitro benzene ring substituents is 1. The number of carbonyl (C=O) groups excluding carboxylic acids is 1. The predicted octanol–water partition coefficient (Wildman–Crippen LogP) is 3.57. The Morgan fingerprint density at radius 3 is 2.32 bits per heavy atom. The van der Waals surface area contributed by atoms with E-state index < -0.39 is 28.0 Å². The SMILES string of the molecule is CC(=O)c1ccc(F)cc1O.CCOc1cc(F)c([N+](=O)[O-])cc1O. The first-order valence-electron chi connectivity index (χ1n) is 6.96. The van der Waals surface area contributed by atoms with Crippen LogP contribution in [0.25, 0.3) is 0 Å². The Morgan fingerprint density at radius 2 is 1.84 bits per heavy atom. The number of ether oxygens (including phenoxy) is 1. The largest absolute Gasteiger partial charge is 0.507 e. The van der Waals surface area contributed by atoms with Crippen LogP contribution in [0.5, 0.6) is 17.2 Å². The Balaban J connectivity index is 0.000000257. The third-order valence-electron chi connectivity index (χ3n) is 2.86. The van der Waals surface area contributed by atoms with Crippen molar-refractivity contribution >= 4 is 11.5 Å². The lowest BCUT2D eigenvalue weighted by molar-refractivity contribution is -0.387. The molecule has 7 nitrogen and oxygen atoms in total. The van der Waals surface area contributed by atoms with Gasteiger partial charge in [-0.2, -0.15) is 4.39 Å². The minimum absolute atomic E-state index is 0.101. The van der Waals surface area contributed by atoms with Crippen molar-refractivity contribution in [2.24, 2.45) is 0 Å². The number of nitro groups is 1. The van der Waals surface area contributed by atoms with E-state index in [1.807, 2.05) is 0 Å². The maximum atomic E-state index is 13.0. The number of ketones is 1. The van der Waals surface area contributed by atoms with Gasteiger partial charge in [-0.25, -0.2) is 4.39 Å². The Labute approximate surface area is 141 Å². The Kier molecular flexibility index (Phi) is 6.80. The molecule has 2 N–H and O–H groups in total. The molecule has 2 aromatic rings. The van der Waals surface area contributed by atoms with Gasteiger partial charge in [0.1, 0.15) is 11.6 Å². The number of nitrogens with zero attached hydrogens (tertiary/aromatic N) is 1. The van der Waals surface area contributed by atoms with Crippen LogP contribution in [-0.2, 0) is 0 Å². The fourth-order valence-corrected chi connectivity index (χ4v) is 1.75. The highest BCUT2D eigenvalue weighted by atomic mass is 19.1. The number of benzene rings is 2. The normalized spacial score (nSPS) is 9.76. The summed E-state index contributed by atoms with van der Waals surface area (Å²) in [4.78, 5) is 20.0. The van der Waals surface area contributed by atoms with E-state index in [0.29, 0.717) is 0 Å². The van der Waals surface area contributed by atoms with Gasteiger partial charge in [0.2, 0.25) is 5.82 Å². The summed E-state index contributed by atoms with van der Waals surface area (Å²) in [7, 11) is 0. The molecule has 0 aliphatic carbocycles. The van der Waals surface area contributed by atoms with Crippen molar-refractivity contribution < 1.29 is 33.4 Å². The number of hydrogen-bond donors (Lipinski definition) is 2. The number of halogens is 2. The van der Waals surface area contributed by atoms with E-state index in [-0.39, 0.29) is 29.5 Å². The van der Waals surface area contributed by atoms with Crippen LogP contribution in [0.4, 0.5) is 14.5 Å². The number of carbonyl (C=O) groups is 1. The number of phenols is 2. The molecular weight excluding hydrogens is 340 g/mol. The lowest BCUT2D eigenvalue weighted by atomic mass is 10.1. The van der Waals surface area contributed by atoms with Gasteiger partial charge < -0.3 is 14.9 Å². The highest BCUT2D eigenvalue weighted by molar-refractivity contribution is 5.96. The molecule has 25 heavy (non-hydrogen) atoms. The first kappa shape index (κ1) is 19.8. The molecule has 0 atom stereocenters. The van der Waals surface area contributed by atoms with E-state index in [9.17, 15) is 28.8 Å². The van der Waals surface area contributed by atoms with E-state index in [2.05, 4.69) is 0 Å². The molecule has 0 saturated heterocycles. The summed E-state index contributed by atoms with van der Waals surface area (Å²) in [6, 6.07) is 4.82. The fraction of sp³-hybridized carbons (Fsp3) is 0.188. The van der Waals surface area contributed by atoms with Crippen LogP contribution in [-0.4, -0.2) is 27.5 Å². The predicted molar refractivity (Wildman–Crippen MR) is 84.0 cm³/mol. The lowest BCUT2D eigenvalue weighted by Gasteiger charge is -2.05. The second kappa shape index (κ2) is 8.57. The van der Waals surface area contributed by atoms with Crippen molar-refractivity contribution in [2.45, 2.75) is 13.8 Å². The van der Waals surface area contributed by atoms with Crippen LogP contribution in [0.15, 0.2) is 30.3 Å². The van der Waals surface area contributed by atoms with Crippen LogP contribution >= 0.6 is 0 Å². The van der Waals surface area contributed by atoms with E-state index in [0.717, 1.165) is 24.3 Å². The van der Waals surface area contributed by atoms with Gasteiger partial charge >= 0.3 is 5.69 Å². The van der Waals surface area contributed by atoms with Crippen LogP contribution in [0.2, 0.25) is 0 Å². The zero-order valence-electron chi connectivity index (χ0n) is 13.3. The lowest BCUT2D eigenvalue weighted by Crippen LogP contribution is -1.96. The molecule has 0 spiro atoms. The van der Waals surface area contributed by atoms with E-state index in [4.69, 9.17) is 9.84 Å². The zero-order valence-corrected chi connectivity index (χ0v) is 13.3. The minimum atomic E-state index is -1.03. The number of phenolic OH excluding ortho intramolecular Hbond substituents is 2. The standard InChI is InChI=1S/C8H8FNO4.C8H7FO2/c1-2-14-8-3-5(9)6(10(12)13)4-7(8)11;1-5(10)7-3-2-6(9)4-8(7)11/h3-4,11H,2H2,1H3;2-4,11H,1H3. The molecule has 0 amide bonds. The maximum absolute atomic E-state index is 13.0. The second-order valence-electron chi connectivity index (χ2n) is 4.68. The number of hydrogen-bond acceptors (Lipinski definition) is 6. The number of Topliss-reactive ketones (excluding diaryl/α,β-unsaturated/α-hetero) is 1. The Hall–Kier alpha value is -3.23. The van der Waals surface area contributed by atoms with Crippen molar-refractivity contribution in [2.75, 3.05) is 6.61 Å². The molecule has 0 bridgehead atoms. The van der Waals surface area contributed by atoms with E-state index in [1.54, 1.807) is 6.92 Å². The Morgan fingerprint density at radius 1 is 1.20 bits per heavy atom. The molecule has 0 unspecified atom stereocenters. The number of aromatic hydroxyl groups is 2. The topological polar surface area (TPSA) is 110 Å². The summed E-state index contributed by atoms with van der Waals surface area (Å²) in [5.74, 6) is -2.71. The molecule has 134 valence electrons. The van der Waals surface area contributed by atoms with Crippen LogP contribution in [0.3, 0.4) is 0 Å². The first-order chi connectivity index (χ1) is 11.7. The molecular formula is C16H15F2NO6. The van der Waals surface area contributed by atoms with Gasteiger partial charge in [0.15, 0.2) is 17.3 Å². The highest BCUT2D eigenvalue weighted by Crippen LogP contribution is 2.32. The third kappa shape index (κ3) is 5.41. The molecule has 2 rings (SSSR count). The monoisotopic (exact) mass is 355 g/mol. The molecule has 0 saturated carbocycles. The summed E-state index contributed by atoms with van der Waals surface area (Å²) in [5.41, 5.74) is -0.627. The summed E-state index contributed by atoms with van der Waals surface area (Å²) in [5, 5.41) is 28.5. The molecule has 9 heteroatoms. The maximum Gasteiger partial charge on any atom is 0.308 e. The van der Waals surface area contributed by atoms with E-state index in [1.165, 1.54) is 13.0 Å². The van der Waals surface area contributed by atoms with E-state index >= 15 is 0 Å². The molecule has 0 aromatic heterocycles. The average molecular weight is 355 g/mol. The molecule has 0 aliphatic rings. The van der Waals surface area contributed by atoms with Crippen LogP contribution in [0.1, 0.15) is 24.2 Å². The van der Waals surface area contributed by atoms with Crippen molar-refractivity contribution in [1.29, 1.82) is 0 Å². The van der Waals surface area contributed by atoms with Gasteiger partial charge in [0.05, 0.1) is 23.2 Å². The molecule has 2 aromatic carbocycles. The van der Waals surface area contributed by atoms with Gasteiger partial charge in [0.25, 0.3) is 0 Å². The summed E-state index contributed by atoms with van der Waals surface area (Å²) in [6.07, 6.45) is 0. The van der Waals surface area contributed by atoms with Crippen molar-refractivity contribution in [3.05, 3.63) is 57.6 Å². The summed E-state index contributed by atoms with van der Waals surface area (Å²) < 4.78 is 30.2. The van der Waals surface area contributed by atoms with Gasteiger partial charge in [0, 0.05) is 12.1 Å². The number of rotatable bonds is 4. The summed E-state index contributed by atoms with van der Waals surface area (Å²) >= 11 is 0. The first-order valence-corrected chi connectivity index (χ1v) is 6.96. The van der Waals surface area contributed by atoms with Crippen molar-refractivity contribution in [3.8, 4) is 17.2 Å². The highest BCUT2D eigenvalue weighted by Gasteiger charge is 2.18. The van der Waals surface area contributed by atoms with Crippen LogP contribution < -0.4 is 4.74 Å². The second-order valence-corrected chi connectivity index (χ2v) is 4.68. The van der Waals surface area contributed by atoms with Crippen molar-refractivity contribution in [3.63, 3.8) is 0 Å². The molecule has 0 heterocycles. The molecule has 0 radical (unpaired) electrons. The third-order valence-corrected chi connectivity index (χ3v) is 2.86. The van der Waals surface area contributed by atoms with Crippen molar-refractivity contribution in [1.82, 2.24) is 0 Å².